The minimum Gasteiger partial charge on any atom is -0.341 e. The van der Waals surface area contributed by atoms with Crippen LogP contribution in [0.2, 0.25) is 0 Å². The molecular weight excluding hydrogens is 244 g/mol. The summed E-state index contributed by atoms with van der Waals surface area (Å²) in [7, 11) is 0. The Bertz CT molecular complexity index is 455. The Morgan fingerprint density at radius 2 is 2.16 bits per heavy atom. The Hall–Kier alpha value is -1.43. The van der Waals surface area contributed by atoms with Crippen molar-refractivity contribution in [1.82, 2.24) is 19.9 Å². The van der Waals surface area contributed by atoms with Gasteiger partial charge in [-0.25, -0.2) is 0 Å². The largest absolute Gasteiger partial charge is 0.341 e. The van der Waals surface area contributed by atoms with Gasteiger partial charge in [0.1, 0.15) is 0 Å². The molecule has 2 aliphatic rings. The van der Waals surface area contributed by atoms with Gasteiger partial charge < -0.3 is 9.42 Å². The molecule has 2 heterocycles. The number of aryl methyl sites for hydroxylation is 1. The summed E-state index contributed by atoms with van der Waals surface area (Å²) >= 11 is 0. The van der Waals surface area contributed by atoms with Crippen LogP contribution >= 0.6 is 0 Å². The molecule has 0 aromatic carbocycles. The highest BCUT2D eigenvalue weighted by Crippen LogP contribution is 2.31. The molecular formula is C13H20N4O2. The molecule has 6 heteroatoms. The van der Waals surface area contributed by atoms with Gasteiger partial charge in [-0.15, -0.1) is 0 Å². The molecule has 0 spiro atoms. The summed E-state index contributed by atoms with van der Waals surface area (Å²) in [6.07, 6.45) is 3.19. The third-order valence-electron chi connectivity index (χ3n) is 3.76. The van der Waals surface area contributed by atoms with E-state index in [-0.39, 0.29) is 0 Å². The van der Waals surface area contributed by atoms with Crippen molar-refractivity contribution in [3.05, 3.63) is 11.7 Å². The van der Waals surface area contributed by atoms with Gasteiger partial charge in [0.25, 0.3) is 0 Å². The van der Waals surface area contributed by atoms with Crippen molar-refractivity contribution in [3.8, 4) is 0 Å². The molecule has 1 saturated heterocycles. The molecule has 0 N–H and O–H groups in total. The molecule has 0 atom stereocenters. The molecule has 2 fully saturated rings. The van der Waals surface area contributed by atoms with E-state index in [2.05, 4.69) is 15.0 Å². The topological polar surface area (TPSA) is 62.5 Å². The van der Waals surface area contributed by atoms with Gasteiger partial charge in [0, 0.05) is 39.0 Å². The first-order valence-corrected chi connectivity index (χ1v) is 7.03. The van der Waals surface area contributed by atoms with Gasteiger partial charge >= 0.3 is 0 Å². The summed E-state index contributed by atoms with van der Waals surface area (Å²) in [5.74, 6) is 2.03. The lowest BCUT2D eigenvalue weighted by Gasteiger charge is -2.21. The first kappa shape index (κ1) is 12.6. The Morgan fingerprint density at radius 1 is 1.32 bits per heavy atom. The zero-order chi connectivity index (χ0) is 13.2. The lowest BCUT2D eigenvalue weighted by atomic mass is 10.3. The van der Waals surface area contributed by atoms with E-state index in [0.717, 1.165) is 51.3 Å². The number of rotatable bonds is 3. The van der Waals surface area contributed by atoms with E-state index in [9.17, 15) is 4.79 Å². The molecule has 104 valence electrons. The normalized spacial score (nSPS) is 21.4. The second kappa shape index (κ2) is 5.28. The second-order valence-corrected chi connectivity index (χ2v) is 5.46. The highest BCUT2D eigenvalue weighted by atomic mass is 16.5. The van der Waals surface area contributed by atoms with Crippen LogP contribution in [0.4, 0.5) is 0 Å². The zero-order valence-corrected chi connectivity index (χ0v) is 11.3. The minimum atomic E-state index is 0.325. The molecule has 0 radical (unpaired) electrons. The van der Waals surface area contributed by atoms with E-state index in [0.29, 0.717) is 24.3 Å². The van der Waals surface area contributed by atoms with Gasteiger partial charge in [0.05, 0.1) is 6.54 Å². The van der Waals surface area contributed by atoms with E-state index in [4.69, 9.17) is 4.52 Å². The highest BCUT2D eigenvalue weighted by molar-refractivity contribution is 5.81. The third-order valence-corrected chi connectivity index (χ3v) is 3.76. The summed E-state index contributed by atoms with van der Waals surface area (Å²) in [4.78, 5) is 20.6. The van der Waals surface area contributed by atoms with Crippen LogP contribution in [0, 0.1) is 12.8 Å². The first-order valence-electron chi connectivity index (χ1n) is 7.03. The molecule has 1 saturated carbocycles. The predicted molar refractivity (Wildman–Crippen MR) is 68.2 cm³/mol. The van der Waals surface area contributed by atoms with Crippen LogP contribution < -0.4 is 0 Å². The van der Waals surface area contributed by atoms with E-state index in [1.165, 1.54) is 0 Å². The van der Waals surface area contributed by atoms with Crippen LogP contribution in [-0.4, -0.2) is 52.0 Å². The molecule has 6 nitrogen and oxygen atoms in total. The summed E-state index contributed by atoms with van der Waals surface area (Å²) in [6.45, 7) is 6.11. The molecule has 19 heavy (non-hydrogen) atoms. The lowest BCUT2D eigenvalue weighted by Crippen LogP contribution is -2.36. The molecule has 1 aromatic heterocycles. The standard InChI is InChI=1S/C13H20N4O2/c1-10-14-12(15-19-10)9-16-5-2-6-17(8-7-16)13(18)11-3-4-11/h11H,2-9H2,1H3. The van der Waals surface area contributed by atoms with Gasteiger partial charge in [-0.05, 0) is 19.3 Å². The van der Waals surface area contributed by atoms with Gasteiger partial charge in [-0.2, -0.15) is 4.98 Å². The Labute approximate surface area is 112 Å². The monoisotopic (exact) mass is 264 g/mol. The maximum atomic E-state index is 12.0. The van der Waals surface area contributed by atoms with Crippen LogP contribution in [0.25, 0.3) is 0 Å². The van der Waals surface area contributed by atoms with Crippen molar-refractivity contribution >= 4 is 5.91 Å². The molecule has 1 amide bonds. The highest BCUT2D eigenvalue weighted by Gasteiger charge is 2.33. The van der Waals surface area contributed by atoms with Crippen molar-refractivity contribution in [1.29, 1.82) is 0 Å². The maximum Gasteiger partial charge on any atom is 0.225 e. The Morgan fingerprint density at radius 3 is 2.84 bits per heavy atom. The molecule has 1 aliphatic heterocycles. The summed E-state index contributed by atoms with van der Waals surface area (Å²) in [5.41, 5.74) is 0. The zero-order valence-electron chi connectivity index (χ0n) is 11.3. The van der Waals surface area contributed by atoms with E-state index < -0.39 is 0 Å². The van der Waals surface area contributed by atoms with Crippen LogP contribution in [0.1, 0.15) is 31.0 Å². The lowest BCUT2D eigenvalue weighted by molar-refractivity contribution is -0.132. The van der Waals surface area contributed by atoms with Crippen LogP contribution in [0.5, 0.6) is 0 Å². The third kappa shape index (κ3) is 3.12. The SMILES string of the molecule is Cc1nc(CN2CCCN(C(=O)C3CC3)CC2)no1. The van der Waals surface area contributed by atoms with Crippen molar-refractivity contribution in [3.63, 3.8) is 0 Å². The Balaban J connectivity index is 1.53. The summed E-state index contributed by atoms with van der Waals surface area (Å²) in [5, 5.41) is 3.92. The van der Waals surface area contributed by atoms with Gasteiger partial charge in [-0.1, -0.05) is 5.16 Å². The summed E-state index contributed by atoms with van der Waals surface area (Å²) < 4.78 is 4.98. The molecule has 1 aliphatic carbocycles. The van der Waals surface area contributed by atoms with Crippen LogP contribution in [-0.2, 0) is 11.3 Å². The second-order valence-electron chi connectivity index (χ2n) is 5.46. The van der Waals surface area contributed by atoms with Crippen molar-refractivity contribution in [2.45, 2.75) is 32.7 Å². The average Bonchev–Trinajstić information content (AvgIpc) is 3.18. The fourth-order valence-corrected chi connectivity index (χ4v) is 2.54. The smallest absolute Gasteiger partial charge is 0.225 e. The maximum absolute atomic E-state index is 12.0. The van der Waals surface area contributed by atoms with Crippen molar-refractivity contribution < 1.29 is 9.32 Å². The Kier molecular flexibility index (Phi) is 3.50. The minimum absolute atomic E-state index is 0.325. The molecule has 0 bridgehead atoms. The van der Waals surface area contributed by atoms with Gasteiger partial charge in [0.2, 0.25) is 11.8 Å². The fraction of sp³-hybridized carbons (Fsp3) is 0.769. The predicted octanol–water partition coefficient (Wildman–Crippen LogP) is 0.822. The van der Waals surface area contributed by atoms with Gasteiger partial charge in [-0.3, -0.25) is 9.69 Å². The van der Waals surface area contributed by atoms with E-state index in [1.807, 2.05) is 4.90 Å². The van der Waals surface area contributed by atoms with Crippen molar-refractivity contribution in [2.24, 2.45) is 5.92 Å². The number of amides is 1. The number of carbonyl (C=O) groups excluding carboxylic acids is 1. The van der Waals surface area contributed by atoms with Crippen LogP contribution in [0.3, 0.4) is 0 Å². The number of nitrogens with zero attached hydrogens (tertiary/aromatic N) is 4. The van der Waals surface area contributed by atoms with Gasteiger partial charge in [0.15, 0.2) is 5.82 Å². The van der Waals surface area contributed by atoms with Crippen LogP contribution in [0.15, 0.2) is 4.52 Å². The quantitative estimate of drug-likeness (QED) is 0.809. The fourth-order valence-electron chi connectivity index (χ4n) is 2.54. The first-order chi connectivity index (χ1) is 9.22. The number of hydrogen-bond acceptors (Lipinski definition) is 5. The van der Waals surface area contributed by atoms with Crippen molar-refractivity contribution in [2.75, 3.05) is 26.2 Å². The molecule has 1 aromatic rings. The molecule has 0 unspecified atom stereocenters. The van der Waals surface area contributed by atoms with E-state index in [1.54, 1.807) is 6.92 Å². The number of hydrogen-bond donors (Lipinski definition) is 0. The number of aromatic nitrogens is 2. The summed E-state index contributed by atoms with van der Waals surface area (Å²) in [6, 6.07) is 0. The average molecular weight is 264 g/mol. The molecule has 3 rings (SSSR count). The van der Waals surface area contributed by atoms with E-state index >= 15 is 0 Å². The number of carbonyl (C=O) groups is 1.